The van der Waals surface area contributed by atoms with E-state index in [1.165, 1.54) is 0 Å². The first kappa shape index (κ1) is 10.4. The van der Waals surface area contributed by atoms with Crippen molar-refractivity contribution >= 4 is 27.2 Å². The van der Waals surface area contributed by atoms with Crippen molar-refractivity contribution in [3.63, 3.8) is 0 Å². The monoisotopic (exact) mass is 312 g/mol. The fourth-order valence-corrected chi connectivity index (χ4v) is 1.35. The van der Waals surface area contributed by atoms with E-state index in [1.54, 1.807) is 0 Å². The van der Waals surface area contributed by atoms with Crippen LogP contribution in [0, 0.1) is 0 Å². The van der Waals surface area contributed by atoms with E-state index in [2.05, 4.69) is 38.4 Å². The van der Waals surface area contributed by atoms with E-state index >= 15 is 0 Å². The summed E-state index contributed by atoms with van der Waals surface area (Å²) in [6.07, 6.45) is 0. The summed E-state index contributed by atoms with van der Waals surface area (Å²) in [4.78, 5) is 0. The van der Waals surface area contributed by atoms with E-state index in [9.17, 15) is 0 Å². The van der Waals surface area contributed by atoms with E-state index in [0.29, 0.717) is 0 Å². The van der Waals surface area contributed by atoms with E-state index in [-0.39, 0.29) is 0 Å². The molecular formula is C9H9CrIO. The maximum absolute atomic E-state index is 5.43. The molecule has 0 saturated heterocycles. The fraction of sp³-hybridized carbons (Fsp3) is 0.222. The third kappa shape index (κ3) is 3.36. The second-order valence-corrected chi connectivity index (χ2v) is 3.85. The molecule has 1 rings (SSSR count). The van der Waals surface area contributed by atoms with Crippen molar-refractivity contribution in [2.45, 2.75) is 0 Å². The van der Waals surface area contributed by atoms with Crippen molar-refractivity contribution in [3.8, 4) is 0 Å². The van der Waals surface area contributed by atoms with Gasteiger partial charge in [0.1, 0.15) is 0 Å². The van der Waals surface area contributed by atoms with Crippen molar-refractivity contribution in [1.82, 2.24) is 0 Å². The third-order valence-electron chi connectivity index (χ3n) is 1.32. The second-order valence-electron chi connectivity index (χ2n) is 2.19. The van der Waals surface area contributed by atoms with E-state index in [4.69, 9.17) is 4.74 Å². The number of benzene rings is 1. The van der Waals surface area contributed by atoms with Crippen LogP contribution in [0.5, 0.6) is 0 Å². The first-order valence-corrected chi connectivity index (χ1v) is 5.79. The van der Waals surface area contributed by atoms with Crippen molar-refractivity contribution in [2.24, 2.45) is 0 Å². The number of ether oxygens (including phenoxy) is 1. The van der Waals surface area contributed by atoms with E-state index < -0.39 is 0 Å². The van der Waals surface area contributed by atoms with Crippen LogP contribution in [0.1, 0.15) is 5.56 Å². The molecule has 64 valence electrons. The molecule has 0 atom stereocenters. The Hall–Kier alpha value is 0.312. The predicted octanol–water partition coefficient (Wildman–Crippen LogP) is 2.16. The third-order valence-corrected chi connectivity index (χ3v) is 2.31. The summed E-state index contributed by atoms with van der Waals surface area (Å²) in [6.45, 7) is 0.762. The molecule has 0 heterocycles. The Bertz CT molecular complexity index is 248. The molecule has 0 spiro atoms. The van der Waals surface area contributed by atoms with Gasteiger partial charge < -0.3 is 0 Å². The van der Waals surface area contributed by atoms with Gasteiger partial charge in [0, 0.05) is 0 Å². The van der Waals surface area contributed by atoms with Gasteiger partial charge in [-0.1, -0.05) is 0 Å². The van der Waals surface area contributed by atoms with Gasteiger partial charge in [-0.3, -0.25) is 0 Å². The van der Waals surface area contributed by atoms with E-state index in [1.807, 2.05) is 30.3 Å². The summed E-state index contributed by atoms with van der Waals surface area (Å²) >= 11 is 5.21. The van der Waals surface area contributed by atoms with Gasteiger partial charge in [0.05, 0.1) is 0 Å². The number of hydrogen-bond donors (Lipinski definition) is 0. The molecule has 12 heavy (non-hydrogen) atoms. The van der Waals surface area contributed by atoms with Gasteiger partial charge >= 0.3 is 94.7 Å². The minimum absolute atomic E-state index is 0.762. The van der Waals surface area contributed by atoms with Crippen LogP contribution in [-0.4, -0.2) is 15.6 Å². The van der Waals surface area contributed by atoms with Gasteiger partial charge in [-0.25, -0.2) is 0 Å². The molecule has 0 aliphatic rings. The van der Waals surface area contributed by atoms with Gasteiger partial charge in [0.2, 0.25) is 0 Å². The molecule has 0 saturated carbocycles. The molecule has 0 unspecified atom stereocenters. The van der Waals surface area contributed by atoms with Crippen molar-refractivity contribution in [1.29, 1.82) is 0 Å². The summed E-state index contributed by atoms with van der Waals surface area (Å²) in [6, 6.07) is 10.0. The minimum atomic E-state index is 0.762. The quantitative estimate of drug-likeness (QED) is 0.612. The van der Waals surface area contributed by atoms with Crippen LogP contribution < -0.4 is 0 Å². The Balaban J connectivity index is 2.54. The summed E-state index contributed by atoms with van der Waals surface area (Å²) in [5.74, 6) is 0. The molecular weight excluding hydrogens is 303 g/mol. The number of alkyl halides is 1. The standard InChI is InChI=1S/C9H9IO.Cr/c10-6-7-11-8-9-4-2-1-3-5-9;/h1-5H,6-7H2;. The van der Waals surface area contributed by atoms with Gasteiger partial charge in [-0.2, -0.15) is 0 Å². The Morgan fingerprint density at radius 3 is 2.58 bits per heavy atom. The van der Waals surface area contributed by atoms with Gasteiger partial charge in [-0.15, -0.1) is 0 Å². The second kappa shape index (κ2) is 5.87. The SMILES string of the molecule is [Cr]=[C](OCCI)c1ccccc1. The fourth-order valence-electron chi connectivity index (χ4n) is 0.789. The number of rotatable bonds is 4. The van der Waals surface area contributed by atoms with Crippen molar-refractivity contribution in [3.05, 3.63) is 35.9 Å². The summed E-state index contributed by atoms with van der Waals surface area (Å²) in [5.41, 5.74) is 1.11. The van der Waals surface area contributed by atoms with Crippen molar-refractivity contribution < 1.29 is 20.6 Å². The molecule has 0 N–H and O–H groups in total. The van der Waals surface area contributed by atoms with Crippen LogP contribution in [0.25, 0.3) is 0 Å². The van der Waals surface area contributed by atoms with Crippen LogP contribution in [-0.2, 0) is 20.6 Å². The van der Waals surface area contributed by atoms with Crippen LogP contribution in [0.4, 0.5) is 0 Å². The average molecular weight is 312 g/mol. The zero-order valence-electron chi connectivity index (χ0n) is 6.50. The first-order chi connectivity index (χ1) is 5.84. The van der Waals surface area contributed by atoms with Gasteiger partial charge in [-0.05, 0) is 0 Å². The van der Waals surface area contributed by atoms with Crippen molar-refractivity contribution in [2.75, 3.05) is 11.0 Å². The Labute approximate surface area is 94.2 Å². The summed E-state index contributed by atoms with van der Waals surface area (Å²) in [7, 11) is 0. The maximum atomic E-state index is 5.43. The van der Waals surface area contributed by atoms with Gasteiger partial charge in [0.25, 0.3) is 0 Å². The molecule has 0 amide bonds. The molecule has 0 aliphatic carbocycles. The molecule has 0 aliphatic heterocycles. The zero-order chi connectivity index (χ0) is 8.81. The topological polar surface area (TPSA) is 9.23 Å². The molecule has 1 nitrogen and oxygen atoms in total. The Morgan fingerprint density at radius 1 is 1.33 bits per heavy atom. The van der Waals surface area contributed by atoms with Gasteiger partial charge in [0.15, 0.2) is 0 Å². The molecule has 0 aromatic heterocycles. The van der Waals surface area contributed by atoms with Crippen LogP contribution in [0.2, 0.25) is 0 Å². The zero-order valence-corrected chi connectivity index (χ0v) is 9.93. The molecule has 0 radical (unpaired) electrons. The Kier molecular flexibility index (Phi) is 5.09. The average Bonchev–Trinajstić information content (AvgIpc) is 2.15. The van der Waals surface area contributed by atoms with Crippen LogP contribution >= 0.6 is 22.6 Å². The summed E-state index contributed by atoms with van der Waals surface area (Å²) in [5, 5.41) is 0. The van der Waals surface area contributed by atoms with E-state index in [0.717, 1.165) is 21.2 Å². The molecule has 3 heteroatoms. The molecule has 0 fully saturated rings. The number of halogens is 1. The molecule has 1 aromatic carbocycles. The Morgan fingerprint density at radius 2 is 2.00 bits per heavy atom. The molecule has 1 aromatic rings. The summed E-state index contributed by atoms with van der Waals surface area (Å²) < 4.78 is 7.32. The predicted molar refractivity (Wildman–Crippen MR) is 55.4 cm³/mol. The van der Waals surface area contributed by atoms with Crippen LogP contribution in [0.15, 0.2) is 30.3 Å². The van der Waals surface area contributed by atoms with Crippen LogP contribution in [0.3, 0.4) is 0 Å². The number of hydrogen-bond acceptors (Lipinski definition) is 1. The normalized spacial score (nSPS) is 9.75. The first-order valence-electron chi connectivity index (χ1n) is 3.62. The molecule has 0 bridgehead atoms.